The number of hydrogen-bond acceptors (Lipinski definition) is 4. The highest BCUT2D eigenvalue weighted by molar-refractivity contribution is 6.14. The van der Waals surface area contributed by atoms with Crippen LogP contribution in [-0.4, -0.2) is 23.1 Å². The molecule has 2 heterocycles. The van der Waals surface area contributed by atoms with Crippen molar-refractivity contribution in [3.8, 4) is 11.3 Å². The van der Waals surface area contributed by atoms with Gasteiger partial charge in [-0.3, -0.25) is 4.79 Å². The minimum Gasteiger partial charge on any atom is -0.335 e. The number of rotatable bonds is 3. The van der Waals surface area contributed by atoms with E-state index in [1.165, 1.54) is 37.4 Å². The number of fused-ring (bicyclic) bond motifs is 1. The van der Waals surface area contributed by atoms with Gasteiger partial charge >= 0.3 is 6.18 Å². The molecule has 1 amide bonds. The van der Waals surface area contributed by atoms with Crippen LogP contribution in [0.15, 0.2) is 53.1 Å². The van der Waals surface area contributed by atoms with Gasteiger partial charge in [0.15, 0.2) is 11.6 Å². The van der Waals surface area contributed by atoms with Crippen molar-refractivity contribution in [3.63, 3.8) is 0 Å². The fraction of sp³-hybridized carbons (Fsp3) is 0.136. The fourth-order valence-electron chi connectivity index (χ4n) is 3.35. The molecular weight excluding hydrogens is 433 g/mol. The Morgan fingerprint density at radius 2 is 1.75 bits per heavy atom. The van der Waals surface area contributed by atoms with Crippen molar-refractivity contribution in [1.29, 1.82) is 0 Å². The minimum absolute atomic E-state index is 0.0465. The Bertz CT molecular complexity index is 1350. The normalized spacial score (nSPS) is 11.7. The Hall–Kier alpha value is -3.82. The third-order valence-corrected chi connectivity index (χ3v) is 4.95. The molecule has 0 N–H and O–H groups in total. The largest absolute Gasteiger partial charge is 0.417 e. The number of halogens is 5. The molecule has 10 heteroatoms. The molecule has 4 rings (SSSR count). The number of amides is 1. The number of anilines is 1. The van der Waals surface area contributed by atoms with E-state index in [4.69, 9.17) is 4.52 Å². The van der Waals surface area contributed by atoms with E-state index in [1.807, 2.05) is 0 Å². The van der Waals surface area contributed by atoms with Crippen LogP contribution in [0.1, 0.15) is 21.6 Å². The summed E-state index contributed by atoms with van der Waals surface area (Å²) in [6.07, 6.45) is -4.66. The van der Waals surface area contributed by atoms with Crippen LogP contribution in [0.4, 0.5) is 27.6 Å². The van der Waals surface area contributed by atoms with Gasteiger partial charge in [0.1, 0.15) is 0 Å². The summed E-state index contributed by atoms with van der Waals surface area (Å²) in [5.41, 5.74) is -1.16. The summed E-state index contributed by atoms with van der Waals surface area (Å²) in [4.78, 5) is 18.4. The van der Waals surface area contributed by atoms with Crippen LogP contribution in [0.25, 0.3) is 22.4 Å². The van der Waals surface area contributed by atoms with Gasteiger partial charge in [0.05, 0.1) is 27.9 Å². The maximum Gasteiger partial charge on any atom is 0.417 e. The van der Waals surface area contributed by atoms with Gasteiger partial charge < -0.3 is 9.42 Å². The van der Waals surface area contributed by atoms with Gasteiger partial charge in [-0.05, 0) is 31.2 Å². The number of aromatic nitrogens is 2. The molecule has 5 nitrogen and oxygen atoms in total. The fourth-order valence-corrected chi connectivity index (χ4v) is 3.35. The lowest BCUT2D eigenvalue weighted by Crippen LogP contribution is -2.27. The number of benzene rings is 2. The lowest BCUT2D eigenvalue weighted by Gasteiger charge is -2.19. The average Bonchev–Trinajstić information content (AvgIpc) is 3.14. The zero-order valence-corrected chi connectivity index (χ0v) is 16.7. The van der Waals surface area contributed by atoms with Crippen molar-refractivity contribution in [2.45, 2.75) is 13.1 Å². The molecule has 164 valence electrons. The molecule has 0 atom stereocenters. The Balaban J connectivity index is 1.90. The molecule has 0 radical (unpaired) electrons. The molecule has 0 aliphatic carbocycles. The smallest absolute Gasteiger partial charge is 0.335 e. The van der Waals surface area contributed by atoms with Crippen LogP contribution < -0.4 is 4.90 Å². The summed E-state index contributed by atoms with van der Waals surface area (Å²) in [6, 6.07) is 8.90. The van der Waals surface area contributed by atoms with E-state index in [0.29, 0.717) is 5.69 Å². The molecule has 0 aliphatic rings. The molecular formula is C22H14F5N3O2. The number of alkyl halides is 3. The molecule has 0 fully saturated rings. The van der Waals surface area contributed by atoms with E-state index in [2.05, 4.69) is 10.1 Å². The van der Waals surface area contributed by atoms with Crippen molar-refractivity contribution in [3.05, 3.63) is 77.0 Å². The number of nitrogens with zero attached hydrogens (tertiary/aromatic N) is 3. The molecule has 2 aromatic carbocycles. The van der Waals surface area contributed by atoms with Gasteiger partial charge in [-0.2, -0.15) is 13.2 Å². The van der Waals surface area contributed by atoms with Crippen LogP contribution in [0.5, 0.6) is 0 Å². The van der Waals surface area contributed by atoms with E-state index < -0.39 is 29.3 Å². The zero-order valence-electron chi connectivity index (χ0n) is 16.7. The maximum absolute atomic E-state index is 13.7. The van der Waals surface area contributed by atoms with E-state index >= 15 is 0 Å². The molecule has 2 aromatic heterocycles. The summed E-state index contributed by atoms with van der Waals surface area (Å²) < 4.78 is 72.6. The van der Waals surface area contributed by atoms with Crippen molar-refractivity contribution in [2.75, 3.05) is 11.9 Å². The molecule has 0 spiro atoms. The van der Waals surface area contributed by atoms with Crippen LogP contribution >= 0.6 is 0 Å². The van der Waals surface area contributed by atoms with Crippen molar-refractivity contribution < 1.29 is 31.3 Å². The highest BCUT2D eigenvalue weighted by atomic mass is 19.4. The van der Waals surface area contributed by atoms with E-state index in [9.17, 15) is 26.7 Å². The van der Waals surface area contributed by atoms with Gasteiger partial charge in [-0.15, -0.1) is 0 Å². The second-order valence-electron chi connectivity index (χ2n) is 7.01. The number of aryl methyl sites for hydroxylation is 1. The van der Waals surface area contributed by atoms with Crippen molar-refractivity contribution in [2.24, 2.45) is 0 Å². The van der Waals surface area contributed by atoms with Gasteiger partial charge in [0, 0.05) is 24.4 Å². The van der Waals surface area contributed by atoms with E-state index in [-0.39, 0.29) is 33.6 Å². The third kappa shape index (κ3) is 3.68. The molecule has 0 unspecified atom stereocenters. The van der Waals surface area contributed by atoms with Gasteiger partial charge in [0.2, 0.25) is 0 Å². The summed E-state index contributed by atoms with van der Waals surface area (Å²) >= 11 is 0. The topological polar surface area (TPSA) is 59.2 Å². The minimum atomic E-state index is -4.66. The summed E-state index contributed by atoms with van der Waals surface area (Å²) in [5.74, 6) is -2.93. The van der Waals surface area contributed by atoms with Gasteiger partial charge in [-0.1, -0.05) is 23.4 Å². The molecule has 0 saturated carbocycles. The van der Waals surface area contributed by atoms with Crippen LogP contribution in [0.3, 0.4) is 0 Å². The van der Waals surface area contributed by atoms with Crippen molar-refractivity contribution in [1.82, 2.24) is 10.1 Å². The molecule has 0 aliphatic heterocycles. The number of carbonyl (C=O) groups excluding carboxylic acids is 1. The van der Waals surface area contributed by atoms with Gasteiger partial charge in [-0.25, -0.2) is 13.8 Å². The average molecular weight is 447 g/mol. The monoisotopic (exact) mass is 447 g/mol. The second-order valence-corrected chi connectivity index (χ2v) is 7.01. The van der Waals surface area contributed by atoms with Crippen LogP contribution in [0, 0.1) is 18.6 Å². The zero-order chi connectivity index (χ0) is 23.2. The van der Waals surface area contributed by atoms with Crippen LogP contribution in [-0.2, 0) is 6.18 Å². The quantitative estimate of drug-likeness (QED) is 0.374. The number of hydrogen-bond donors (Lipinski definition) is 0. The first-order valence-electron chi connectivity index (χ1n) is 9.24. The molecule has 0 saturated heterocycles. The number of carbonyl (C=O) groups is 1. The lowest BCUT2D eigenvalue weighted by atomic mass is 10.0. The first kappa shape index (κ1) is 21.4. The Morgan fingerprint density at radius 3 is 2.44 bits per heavy atom. The van der Waals surface area contributed by atoms with E-state index in [1.54, 1.807) is 6.92 Å². The summed E-state index contributed by atoms with van der Waals surface area (Å²) in [5, 5.41) is 3.97. The van der Waals surface area contributed by atoms with Crippen molar-refractivity contribution >= 4 is 22.7 Å². The van der Waals surface area contributed by atoms with E-state index in [0.717, 1.165) is 23.1 Å². The Kier molecular flexibility index (Phi) is 5.15. The van der Waals surface area contributed by atoms with Gasteiger partial charge in [0.25, 0.3) is 11.6 Å². The number of pyridine rings is 1. The standard InChI is InChI=1S/C22H14F5N3O2/c1-11-19-14(21(31)30(2)12-7-8-16(23)17(24)9-12)10-18(28-20(19)32-29-11)13-5-3-4-6-15(13)22(25,26)27/h3-10H,1-2H3. The third-order valence-electron chi connectivity index (χ3n) is 4.95. The van der Waals surface area contributed by atoms with Crippen LogP contribution in [0.2, 0.25) is 0 Å². The summed E-state index contributed by atoms with van der Waals surface area (Å²) in [6.45, 7) is 1.55. The maximum atomic E-state index is 13.7. The highest BCUT2D eigenvalue weighted by Gasteiger charge is 2.34. The molecule has 4 aromatic rings. The Morgan fingerprint density at radius 1 is 1.03 bits per heavy atom. The summed E-state index contributed by atoms with van der Waals surface area (Å²) in [7, 11) is 1.33. The lowest BCUT2D eigenvalue weighted by molar-refractivity contribution is -0.137. The molecule has 0 bridgehead atoms. The Labute approximate surface area is 178 Å². The highest BCUT2D eigenvalue weighted by Crippen LogP contribution is 2.38. The second kappa shape index (κ2) is 7.70. The molecule has 32 heavy (non-hydrogen) atoms. The first-order chi connectivity index (χ1) is 15.1. The predicted octanol–water partition coefficient (Wildman–Crippen LogP) is 5.77. The SMILES string of the molecule is Cc1noc2nc(-c3ccccc3C(F)(F)F)cc(C(=O)N(C)c3ccc(F)c(F)c3)c12. The first-order valence-corrected chi connectivity index (χ1v) is 9.24. The predicted molar refractivity (Wildman–Crippen MR) is 106 cm³/mol.